The molecule has 3 aliphatic heterocycles. The molecule has 1 unspecified atom stereocenters. The number of aliphatic hydroxyl groups is 1. The van der Waals surface area contributed by atoms with Crippen molar-refractivity contribution < 1.29 is 19.4 Å². The number of esters is 1. The van der Waals surface area contributed by atoms with E-state index in [1.165, 1.54) is 0 Å². The quantitative estimate of drug-likeness (QED) is 0.451. The summed E-state index contributed by atoms with van der Waals surface area (Å²) < 4.78 is 11.1. The number of carbonyl (C=O) groups is 1. The van der Waals surface area contributed by atoms with Crippen molar-refractivity contribution in [1.29, 1.82) is 0 Å². The molecule has 142 valence electrons. The van der Waals surface area contributed by atoms with Crippen LogP contribution in [0.2, 0.25) is 0 Å². The standard InChI is InChI=1S/C20H27NO4.BH3/c1-3-5-15-12-16(19(22)24-4-2)6-7-18(15)25-14-20(23)13-21-10-8-17(20)9-11-21;/h3,6-7,12,17,23H,1,4-5,8-11,13-14H2,2H3;1H3. The van der Waals surface area contributed by atoms with Crippen molar-refractivity contribution in [2.75, 3.05) is 32.8 Å². The van der Waals surface area contributed by atoms with Crippen LogP contribution < -0.4 is 4.74 Å². The number of piperidine rings is 3. The molecule has 5 nitrogen and oxygen atoms in total. The third kappa shape index (κ3) is 4.30. The van der Waals surface area contributed by atoms with Crippen LogP contribution >= 0.6 is 0 Å². The van der Waals surface area contributed by atoms with Crippen LogP contribution in [0.4, 0.5) is 0 Å². The third-order valence-corrected chi connectivity index (χ3v) is 5.26. The first-order chi connectivity index (χ1) is 12.1. The number of fused-ring (bicyclic) bond motifs is 3. The summed E-state index contributed by atoms with van der Waals surface area (Å²) in [5, 5.41) is 11.0. The van der Waals surface area contributed by atoms with Gasteiger partial charge in [0, 0.05) is 6.54 Å². The van der Waals surface area contributed by atoms with Crippen molar-refractivity contribution in [3.8, 4) is 5.75 Å². The maximum absolute atomic E-state index is 11.9. The number of hydrogen-bond acceptors (Lipinski definition) is 5. The topological polar surface area (TPSA) is 59.0 Å². The van der Waals surface area contributed by atoms with Gasteiger partial charge in [0.25, 0.3) is 0 Å². The number of ether oxygens (including phenoxy) is 2. The first kappa shape index (κ1) is 20.5. The lowest BCUT2D eigenvalue weighted by atomic mass is 9.76. The number of allylic oxidation sites excluding steroid dienone is 1. The molecule has 0 aliphatic carbocycles. The number of rotatable bonds is 7. The molecule has 0 saturated carbocycles. The van der Waals surface area contributed by atoms with Gasteiger partial charge in [-0.1, -0.05) is 6.08 Å². The Labute approximate surface area is 157 Å². The van der Waals surface area contributed by atoms with Crippen molar-refractivity contribution in [1.82, 2.24) is 4.90 Å². The fourth-order valence-electron chi connectivity index (χ4n) is 3.89. The highest BCUT2D eigenvalue weighted by molar-refractivity contribution is 5.89. The van der Waals surface area contributed by atoms with Gasteiger partial charge in [-0.2, -0.15) is 0 Å². The lowest BCUT2D eigenvalue weighted by molar-refractivity contribution is -0.131. The third-order valence-electron chi connectivity index (χ3n) is 5.26. The molecule has 3 saturated heterocycles. The van der Waals surface area contributed by atoms with Gasteiger partial charge in [-0.25, -0.2) is 4.79 Å². The Morgan fingerprint density at radius 3 is 2.73 bits per heavy atom. The van der Waals surface area contributed by atoms with Crippen LogP contribution in [0, 0.1) is 5.92 Å². The highest BCUT2D eigenvalue weighted by Gasteiger charge is 2.46. The van der Waals surface area contributed by atoms with Crippen LogP contribution in [0.5, 0.6) is 5.75 Å². The number of nitrogens with zero attached hydrogens (tertiary/aromatic N) is 1. The molecule has 2 bridgehead atoms. The molecular weight excluding hydrogens is 329 g/mol. The number of hydrogen-bond donors (Lipinski definition) is 1. The first-order valence-electron chi connectivity index (χ1n) is 9.04. The highest BCUT2D eigenvalue weighted by Crippen LogP contribution is 2.36. The van der Waals surface area contributed by atoms with E-state index in [0.29, 0.717) is 36.8 Å². The molecule has 1 aromatic rings. The zero-order valence-electron chi connectivity index (χ0n) is 14.9. The van der Waals surface area contributed by atoms with Gasteiger partial charge in [-0.3, -0.25) is 0 Å². The molecule has 1 atom stereocenters. The van der Waals surface area contributed by atoms with Crippen molar-refractivity contribution in [2.24, 2.45) is 5.92 Å². The van der Waals surface area contributed by atoms with Crippen LogP contribution in [0.15, 0.2) is 30.9 Å². The zero-order chi connectivity index (χ0) is 17.9. The summed E-state index contributed by atoms with van der Waals surface area (Å²) in [6, 6.07) is 5.28. The van der Waals surface area contributed by atoms with Gasteiger partial charge in [0.1, 0.15) is 18.0 Å². The van der Waals surface area contributed by atoms with Gasteiger partial charge < -0.3 is 19.5 Å². The normalized spacial score (nSPS) is 26.7. The van der Waals surface area contributed by atoms with Crippen molar-refractivity contribution in [3.63, 3.8) is 0 Å². The van der Waals surface area contributed by atoms with E-state index in [2.05, 4.69) is 11.5 Å². The largest absolute Gasteiger partial charge is 0.490 e. The van der Waals surface area contributed by atoms with Crippen molar-refractivity contribution in [2.45, 2.75) is 31.8 Å². The first-order valence-corrected chi connectivity index (χ1v) is 9.04. The Morgan fingerprint density at radius 1 is 1.42 bits per heavy atom. The van der Waals surface area contributed by atoms with Gasteiger partial charge in [0.05, 0.1) is 20.6 Å². The lowest BCUT2D eigenvalue weighted by Crippen LogP contribution is -2.61. The molecule has 3 heterocycles. The van der Waals surface area contributed by atoms with Crippen LogP contribution in [0.25, 0.3) is 0 Å². The maximum atomic E-state index is 11.9. The highest BCUT2D eigenvalue weighted by atomic mass is 16.5. The van der Waals surface area contributed by atoms with E-state index < -0.39 is 5.60 Å². The molecule has 0 amide bonds. The summed E-state index contributed by atoms with van der Waals surface area (Å²) in [7, 11) is 0. The number of benzene rings is 1. The fraction of sp³-hybridized carbons (Fsp3) is 0.550. The van der Waals surface area contributed by atoms with E-state index in [4.69, 9.17) is 9.47 Å². The van der Waals surface area contributed by atoms with Gasteiger partial charge in [-0.15, -0.1) is 6.58 Å². The van der Waals surface area contributed by atoms with E-state index in [1.54, 1.807) is 31.2 Å². The van der Waals surface area contributed by atoms with E-state index in [9.17, 15) is 9.90 Å². The molecule has 6 heteroatoms. The Hall–Kier alpha value is -1.79. The second-order valence-corrected chi connectivity index (χ2v) is 6.98. The Bertz CT molecular complexity index is 643. The van der Waals surface area contributed by atoms with E-state index in [-0.39, 0.29) is 21.0 Å². The summed E-state index contributed by atoms with van der Waals surface area (Å²) in [4.78, 5) is 14.2. The summed E-state index contributed by atoms with van der Waals surface area (Å²) in [5.41, 5.74) is 0.597. The SMILES string of the molecule is B.C=CCc1cc(C(=O)OCC)ccc1OCC1(O)CN2CCC1CC2. The molecular formula is C20H30BNO4. The minimum absolute atomic E-state index is 0. The lowest BCUT2D eigenvalue weighted by Gasteiger charge is -2.50. The smallest absolute Gasteiger partial charge is 0.338 e. The van der Waals surface area contributed by atoms with Crippen LogP contribution in [-0.2, 0) is 11.2 Å². The molecule has 0 aromatic heterocycles. The molecule has 1 N–H and O–H groups in total. The Kier molecular flexibility index (Phi) is 6.90. The van der Waals surface area contributed by atoms with Gasteiger partial charge in [0.15, 0.2) is 0 Å². The summed E-state index contributed by atoms with van der Waals surface area (Å²) >= 11 is 0. The van der Waals surface area contributed by atoms with E-state index in [1.807, 2.05) is 0 Å². The second-order valence-electron chi connectivity index (χ2n) is 6.98. The monoisotopic (exact) mass is 359 g/mol. The van der Waals surface area contributed by atoms with Crippen molar-refractivity contribution in [3.05, 3.63) is 42.0 Å². The van der Waals surface area contributed by atoms with Crippen LogP contribution in [0.1, 0.15) is 35.7 Å². The average Bonchev–Trinajstić information content (AvgIpc) is 2.62. The minimum atomic E-state index is -0.790. The molecule has 0 radical (unpaired) electrons. The van der Waals surface area contributed by atoms with Gasteiger partial charge in [-0.05, 0) is 69.0 Å². The van der Waals surface area contributed by atoms with E-state index in [0.717, 1.165) is 31.5 Å². The summed E-state index contributed by atoms with van der Waals surface area (Å²) in [6.07, 6.45) is 4.43. The zero-order valence-corrected chi connectivity index (χ0v) is 14.9. The molecule has 26 heavy (non-hydrogen) atoms. The maximum Gasteiger partial charge on any atom is 0.338 e. The molecule has 3 aliphatic rings. The predicted molar refractivity (Wildman–Crippen MR) is 106 cm³/mol. The number of carbonyl (C=O) groups excluding carboxylic acids is 1. The van der Waals surface area contributed by atoms with Crippen molar-refractivity contribution >= 4 is 14.4 Å². The second kappa shape index (κ2) is 8.74. The molecule has 0 spiro atoms. The van der Waals surface area contributed by atoms with Gasteiger partial charge >= 0.3 is 5.97 Å². The van der Waals surface area contributed by atoms with Crippen LogP contribution in [0.3, 0.4) is 0 Å². The van der Waals surface area contributed by atoms with Gasteiger partial charge in [0.2, 0.25) is 0 Å². The summed E-state index contributed by atoms with van der Waals surface area (Å²) in [6.45, 7) is 9.00. The minimum Gasteiger partial charge on any atom is -0.490 e. The van der Waals surface area contributed by atoms with E-state index >= 15 is 0 Å². The predicted octanol–water partition coefficient (Wildman–Crippen LogP) is 1.24. The van der Waals surface area contributed by atoms with Crippen LogP contribution in [-0.4, -0.2) is 62.8 Å². The Balaban J connectivity index is 0.00000243. The average molecular weight is 359 g/mol. The summed E-state index contributed by atoms with van der Waals surface area (Å²) in [5.74, 6) is 0.660. The molecule has 3 fully saturated rings. The fourth-order valence-corrected chi connectivity index (χ4v) is 3.89. The molecule has 1 aromatic carbocycles. The Morgan fingerprint density at radius 2 is 2.15 bits per heavy atom. The molecule has 4 rings (SSSR count).